The number of nitrogens with zero attached hydrogens (tertiary/aromatic N) is 3. The summed E-state index contributed by atoms with van der Waals surface area (Å²) in [5.41, 5.74) is 3.57. The second-order valence-electron chi connectivity index (χ2n) is 8.84. The highest BCUT2D eigenvalue weighted by atomic mass is 35.5. The summed E-state index contributed by atoms with van der Waals surface area (Å²) in [6.45, 7) is 8.63. The molecule has 7 heteroatoms. The van der Waals surface area contributed by atoms with E-state index in [4.69, 9.17) is 23.2 Å². The van der Waals surface area contributed by atoms with Gasteiger partial charge in [0.15, 0.2) is 0 Å². The van der Waals surface area contributed by atoms with Gasteiger partial charge >= 0.3 is 0 Å². The van der Waals surface area contributed by atoms with Crippen LogP contribution in [0.5, 0.6) is 0 Å². The first kappa shape index (κ1) is 23.2. The summed E-state index contributed by atoms with van der Waals surface area (Å²) in [6.07, 6.45) is 2.50. The molecule has 4 rings (SSSR count). The van der Waals surface area contributed by atoms with E-state index in [1.54, 1.807) is 0 Å². The predicted octanol–water partition coefficient (Wildman–Crippen LogP) is 4.92. The molecule has 0 aromatic heterocycles. The van der Waals surface area contributed by atoms with Gasteiger partial charge in [0.1, 0.15) is 0 Å². The van der Waals surface area contributed by atoms with Gasteiger partial charge in [-0.3, -0.25) is 9.69 Å². The average Bonchev–Trinajstić information content (AvgIpc) is 2.81. The fourth-order valence-corrected chi connectivity index (χ4v) is 4.79. The van der Waals surface area contributed by atoms with Crippen LogP contribution in [0.4, 0.5) is 11.4 Å². The minimum absolute atomic E-state index is 0.277. The van der Waals surface area contributed by atoms with Gasteiger partial charge in [0.05, 0.1) is 10.0 Å². The SMILES string of the molecule is Cc1ccc(N2CCN(CCC(=O)N3CCC(Nc4ccc(Cl)c(Cl)c4)CC3)CC2)cc1. The summed E-state index contributed by atoms with van der Waals surface area (Å²) in [7, 11) is 0. The van der Waals surface area contributed by atoms with E-state index < -0.39 is 0 Å². The molecule has 2 aromatic rings. The number of piperazine rings is 1. The van der Waals surface area contributed by atoms with Gasteiger partial charge in [-0.05, 0) is 50.1 Å². The largest absolute Gasteiger partial charge is 0.382 e. The lowest BCUT2D eigenvalue weighted by Crippen LogP contribution is -2.48. The zero-order valence-corrected chi connectivity index (χ0v) is 20.2. The van der Waals surface area contributed by atoms with Gasteiger partial charge in [-0.15, -0.1) is 0 Å². The van der Waals surface area contributed by atoms with Crippen LogP contribution in [0, 0.1) is 6.92 Å². The first-order valence-electron chi connectivity index (χ1n) is 11.5. The van der Waals surface area contributed by atoms with Crippen molar-refractivity contribution >= 4 is 40.5 Å². The third-order valence-corrected chi connectivity index (χ3v) is 7.29. The first-order valence-corrected chi connectivity index (χ1v) is 12.3. The van der Waals surface area contributed by atoms with Crippen molar-refractivity contribution in [3.8, 4) is 0 Å². The van der Waals surface area contributed by atoms with Crippen molar-refractivity contribution in [1.82, 2.24) is 9.80 Å². The average molecular weight is 475 g/mol. The van der Waals surface area contributed by atoms with Gasteiger partial charge in [0.25, 0.3) is 0 Å². The van der Waals surface area contributed by atoms with Gasteiger partial charge in [0, 0.05) is 69.7 Å². The molecule has 2 aliphatic heterocycles. The third kappa shape index (κ3) is 6.09. The molecule has 32 heavy (non-hydrogen) atoms. The van der Waals surface area contributed by atoms with Crippen LogP contribution < -0.4 is 10.2 Å². The van der Waals surface area contributed by atoms with E-state index in [1.807, 2.05) is 23.1 Å². The standard InChI is InChI=1S/C25H32Cl2N4O/c1-19-2-5-22(6-3-19)30-16-14-29(15-17-30)11-10-25(32)31-12-8-20(9-13-31)28-21-4-7-23(26)24(27)18-21/h2-7,18,20,28H,8-17H2,1H3. The number of benzene rings is 2. The number of piperidine rings is 1. The molecule has 2 aliphatic rings. The van der Waals surface area contributed by atoms with Crippen molar-refractivity contribution < 1.29 is 4.79 Å². The Labute approximate surface area is 201 Å². The first-order chi connectivity index (χ1) is 15.5. The van der Waals surface area contributed by atoms with Crippen molar-refractivity contribution in [2.24, 2.45) is 0 Å². The van der Waals surface area contributed by atoms with Crippen LogP contribution in [0.1, 0.15) is 24.8 Å². The Morgan fingerprint density at radius 2 is 1.62 bits per heavy atom. The second-order valence-corrected chi connectivity index (χ2v) is 9.66. The summed E-state index contributed by atoms with van der Waals surface area (Å²) >= 11 is 12.1. The highest BCUT2D eigenvalue weighted by Gasteiger charge is 2.24. The molecule has 172 valence electrons. The minimum Gasteiger partial charge on any atom is -0.382 e. The third-order valence-electron chi connectivity index (χ3n) is 6.55. The van der Waals surface area contributed by atoms with Crippen LogP contribution in [-0.2, 0) is 4.79 Å². The maximum Gasteiger partial charge on any atom is 0.223 e. The van der Waals surface area contributed by atoms with E-state index in [1.165, 1.54) is 11.3 Å². The lowest BCUT2D eigenvalue weighted by molar-refractivity contribution is -0.132. The van der Waals surface area contributed by atoms with Gasteiger partial charge in [-0.25, -0.2) is 0 Å². The molecule has 0 aliphatic carbocycles. The summed E-state index contributed by atoms with van der Waals surface area (Å²) in [5, 5.41) is 4.64. The fourth-order valence-electron chi connectivity index (χ4n) is 4.49. The number of hydrogen-bond acceptors (Lipinski definition) is 4. The Balaban J connectivity index is 1.15. The number of carbonyl (C=O) groups excluding carboxylic acids is 1. The Bertz CT molecular complexity index is 905. The van der Waals surface area contributed by atoms with Crippen LogP contribution >= 0.6 is 23.2 Å². The Hall–Kier alpha value is -1.95. The summed E-state index contributed by atoms with van der Waals surface area (Å²) in [5.74, 6) is 0.277. The maximum atomic E-state index is 12.7. The maximum absolute atomic E-state index is 12.7. The normalized spacial score (nSPS) is 18.1. The molecular formula is C25H32Cl2N4O. The molecule has 0 unspecified atom stereocenters. The van der Waals surface area contributed by atoms with Crippen LogP contribution in [0.25, 0.3) is 0 Å². The number of aryl methyl sites for hydroxylation is 1. The molecule has 2 heterocycles. The Morgan fingerprint density at radius 3 is 2.28 bits per heavy atom. The molecule has 1 N–H and O–H groups in total. The van der Waals surface area contributed by atoms with Crippen molar-refractivity contribution in [3.63, 3.8) is 0 Å². The van der Waals surface area contributed by atoms with Crippen LogP contribution in [0.2, 0.25) is 10.0 Å². The molecule has 0 saturated carbocycles. The zero-order valence-electron chi connectivity index (χ0n) is 18.7. The van der Waals surface area contributed by atoms with Crippen molar-refractivity contribution in [2.75, 3.05) is 56.0 Å². The van der Waals surface area contributed by atoms with Crippen molar-refractivity contribution in [1.29, 1.82) is 0 Å². The second kappa shape index (κ2) is 10.8. The number of amides is 1. The van der Waals surface area contributed by atoms with Crippen molar-refractivity contribution in [3.05, 3.63) is 58.1 Å². The number of rotatable bonds is 6. The van der Waals surface area contributed by atoms with Crippen LogP contribution in [0.15, 0.2) is 42.5 Å². The number of likely N-dealkylation sites (tertiary alicyclic amines) is 1. The molecule has 1 amide bonds. The van der Waals surface area contributed by atoms with Crippen LogP contribution in [-0.4, -0.2) is 67.6 Å². The summed E-state index contributed by atoms with van der Waals surface area (Å²) in [4.78, 5) is 19.6. The number of anilines is 2. The lowest BCUT2D eigenvalue weighted by Gasteiger charge is -2.37. The van der Waals surface area contributed by atoms with E-state index in [0.29, 0.717) is 22.5 Å². The number of carbonyl (C=O) groups is 1. The van der Waals surface area contributed by atoms with E-state index in [-0.39, 0.29) is 5.91 Å². The minimum atomic E-state index is 0.277. The molecule has 2 aromatic carbocycles. The quantitative estimate of drug-likeness (QED) is 0.644. The monoisotopic (exact) mass is 474 g/mol. The molecular weight excluding hydrogens is 443 g/mol. The molecule has 2 saturated heterocycles. The topological polar surface area (TPSA) is 38.8 Å². The molecule has 0 bridgehead atoms. The lowest BCUT2D eigenvalue weighted by atomic mass is 10.0. The molecule has 0 spiro atoms. The Kier molecular flexibility index (Phi) is 7.82. The summed E-state index contributed by atoms with van der Waals surface area (Å²) < 4.78 is 0. The molecule has 5 nitrogen and oxygen atoms in total. The van der Waals surface area contributed by atoms with Gasteiger partial charge in [-0.2, -0.15) is 0 Å². The molecule has 2 fully saturated rings. The van der Waals surface area contributed by atoms with Crippen molar-refractivity contribution in [2.45, 2.75) is 32.2 Å². The number of nitrogens with one attached hydrogen (secondary N) is 1. The highest BCUT2D eigenvalue weighted by Crippen LogP contribution is 2.26. The van der Waals surface area contributed by atoms with E-state index >= 15 is 0 Å². The smallest absolute Gasteiger partial charge is 0.223 e. The number of halogens is 2. The van der Waals surface area contributed by atoms with E-state index in [0.717, 1.165) is 64.3 Å². The van der Waals surface area contributed by atoms with Gasteiger partial charge in [0.2, 0.25) is 5.91 Å². The zero-order chi connectivity index (χ0) is 22.5. The Morgan fingerprint density at radius 1 is 0.938 bits per heavy atom. The highest BCUT2D eigenvalue weighted by molar-refractivity contribution is 6.42. The molecule has 0 radical (unpaired) electrons. The van der Waals surface area contributed by atoms with Gasteiger partial charge < -0.3 is 15.1 Å². The van der Waals surface area contributed by atoms with E-state index in [2.05, 4.69) is 46.3 Å². The van der Waals surface area contributed by atoms with Crippen LogP contribution in [0.3, 0.4) is 0 Å². The molecule has 0 atom stereocenters. The number of hydrogen-bond donors (Lipinski definition) is 1. The summed E-state index contributed by atoms with van der Waals surface area (Å²) in [6, 6.07) is 14.7. The van der Waals surface area contributed by atoms with E-state index in [9.17, 15) is 4.79 Å². The van der Waals surface area contributed by atoms with Gasteiger partial charge in [-0.1, -0.05) is 40.9 Å². The predicted molar refractivity (Wildman–Crippen MR) is 134 cm³/mol. The fraction of sp³-hybridized carbons (Fsp3) is 0.480.